The number of fused-ring (bicyclic) bond motifs is 1. The van der Waals surface area contributed by atoms with Crippen LogP contribution in [0, 0.1) is 12.7 Å². The maximum atomic E-state index is 14.0. The Labute approximate surface area is 121 Å². The van der Waals surface area contributed by atoms with Gasteiger partial charge < -0.3 is 10.1 Å². The second-order valence-electron chi connectivity index (χ2n) is 5.08. The summed E-state index contributed by atoms with van der Waals surface area (Å²) in [4.78, 5) is 14.3. The van der Waals surface area contributed by atoms with Crippen LogP contribution in [0.1, 0.15) is 11.1 Å². The average molecular weight is 283 g/mol. The van der Waals surface area contributed by atoms with Crippen LogP contribution in [0.3, 0.4) is 0 Å². The van der Waals surface area contributed by atoms with Gasteiger partial charge in [-0.05, 0) is 36.8 Å². The minimum Gasteiger partial charge on any atom is -0.481 e. The van der Waals surface area contributed by atoms with Gasteiger partial charge in [-0.3, -0.25) is 4.79 Å². The first-order valence-corrected chi connectivity index (χ1v) is 6.64. The van der Waals surface area contributed by atoms with Crippen molar-refractivity contribution in [3.8, 4) is 11.3 Å². The number of aryl methyl sites for hydroxylation is 1. The molecule has 0 saturated heterocycles. The standard InChI is InChI=1S/C17H14FNO2/c1-10-6-7-15-12(8-10)13(9-16(20)21)17(19-15)11-4-2-3-5-14(11)18/h2-8,19H,9H2,1H3,(H,20,21). The van der Waals surface area contributed by atoms with E-state index < -0.39 is 5.97 Å². The van der Waals surface area contributed by atoms with E-state index in [1.54, 1.807) is 18.2 Å². The van der Waals surface area contributed by atoms with Crippen molar-refractivity contribution in [1.29, 1.82) is 0 Å². The zero-order valence-electron chi connectivity index (χ0n) is 11.5. The van der Waals surface area contributed by atoms with Gasteiger partial charge in [0.05, 0.1) is 12.1 Å². The number of hydrogen-bond donors (Lipinski definition) is 2. The monoisotopic (exact) mass is 283 g/mol. The fraction of sp³-hybridized carbons (Fsp3) is 0.118. The molecule has 0 amide bonds. The van der Waals surface area contributed by atoms with E-state index in [2.05, 4.69) is 4.98 Å². The number of nitrogens with one attached hydrogen (secondary N) is 1. The SMILES string of the molecule is Cc1ccc2[nH]c(-c3ccccc3F)c(CC(=O)O)c2c1. The smallest absolute Gasteiger partial charge is 0.307 e. The predicted octanol–water partition coefficient (Wildman–Crippen LogP) is 3.91. The van der Waals surface area contributed by atoms with E-state index >= 15 is 0 Å². The number of H-pyrrole nitrogens is 1. The van der Waals surface area contributed by atoms with Crippen LogP contribution in [0.25, 0.3) is 22.2 Å². The van der Waals surface area contributed by atoms with Crippen LogP contribution in [0.4, 0.5) is 4.39 Å². The van der Waals surface area contributed by atoms with Gasteiger partial charge in [0.25, 0.3) is 0 Å². The Morgan fingerprint density at radius 2 is 2.00 bits per heavy atom. The summed E-state index contributed by atoms with van der Waals surface area (Å²) < 4.78 is 14.0. The minimum atomic E-state index is -0.935. The molecule has 1 aromatic heterocycles. The number of aliphatic carboxylic acids is 1. The lowest BCUT2D eigenvalue weighted by Gasteiger charge is -2.04. The molecular weight excluding hydrogens is 269 g/mol. The number of carbonyl (C=O) groups is 1. The molecule has 106 valence electrons. The number of benzene rings is 2. The summed E-state index contributed by atoms with van der Waals surface area (Å²) in [5, 5.41) is 9.98. The molecule has 0 spiro atoms. The lowest BCUT2D eigenvalue weighted by Crippen LogP contribution is -2.01. The first-order valence-electron chi connectivity index (χ1n) is 6.64. The molecule has 3 rings (SSSR count). The second-order valence-corrected chi connectivity index (χ2v) is 5.08. The molecule has 0 bridgehead atoms. The first kappa shape index (κ1) is 13.4. The molecular formula is C17H14FNO2. The minimum absolute atomic E-state index is 0.146. The first-order chi connectivity index (χ1) is 10.1. The van der Waals surface area contributed by atoms with E-state index in [0.29, 0.717) is 16.8 Å². The van der Waals surface area contributed by atoms with Gasteiger partial charge in [0.2, 0.25) is 0 Å². The number of rotatable bonds is 3. The number of hydrogen-bond acceptors (Lipinski definition) is 1. The molecule has 3 nitrogen and oxygen atoms in total. The van der Waals surface area contributed by atoms with Crippen LogP contribution in [-0.2, 0) is 11.2 Å². The predicted molar refractivity (Wildman–Crippen MR) is 79.8 cm³/mol. The number of halogens is 1. The van der Waals surface area contributed by atoms with Gasteiger partial charge in [0.15, 0.2) is 0 Å². The Hall–Kier alpha value is -2.62. The van der Waals surface area contributed by atoms with Gasteiger partial charge >= 0.3 is 5.97 Å². The van der Waals surface area contributed by atoms with E-state index in [-0.39, 0.29) is 12.2 Å². The number of carboxylic acid groups (broad SMARTS) is 1. The Bertz CT molecular complexity index is 836. The highest BCUT2D eigenvalue weighted by Gasteiger charge is 2.17. The van der Waals surface area contributed by atoms with Gasteiger partial charge in [-0.1, -0.05) is 23.8 Å². The molecule has 4 heteroatoms. The molecule has 2 aromatic carbocycles. The zero-order chi connectivity index (χ0) is 15.0. The Balaban J connectivity index is 2.31. The quantitative estimate of drug-likeness (QED) is 0.765. The van der Waals surface area contributed by atoms with E-state index in [1.807, 2.05) is 25.1 Å². The van der Waals surface area contributed by atoms with Gasteiger partial charge in [0.1, 0.15) is 5.82 Å². The summed E-state index contributed by atoms with van der Waals surface area (Å²) in [6.45, 7) is 1.94. The van der Waals surface area contributed by atoms with Crippen molar-refractivity contribution in [1.82, 2.24) is 4.98 Å². The van der Waals surface area contributed by atoms with Crippen LogP contribution in [0.15, 0.2) is 42.5 Å². The largest absolute Gasteiger partial charge is 0.481 e. The van der Waals surface area contributed by atoms with Gasteiger partial charge in [0, 0.05) is 16.5 Å². The number of aromatic amines is 1. The molecule has 1 heterocycles. The van der Waals surface area contributed by atoms with Gasteiger partial charge in [-0.25, -0.2) is 4.39 Å². The fourth-order valence-corrected chi connectivity index (χ4v) is 2.59. The summed E-state index contributed by atoms with van der Waals surface area (Å²) in [6.07, 6.45) is -0.146. The second kappa shape index (κ2) is 5.05. The van der Waals surface area contributed by atoms with Crippen LogP contribution in [-0.4, -0.2) is 16.1 Å². The Morgan fingerprint density at radius 3 is 2.71 bits per heavy atom. The average Bonchev–Trinajstić information content (AvgIpc) is 2.77. The molecule has 0 fully saturated rings. The molecule has 0 aliphatic carbocycles. The highest BCUT2D eigenvalue weighted by molar-refractivity contribution is 5.94. The summed E-state index contributed by atoms with van der Waals surface area (Å²) in [7, 11) is 0. The number of carboxylic acids is 1. The summed E-state index contributed by atoms with van der Waals surface area (Å²) in [5.41, 5.74) is 3.40. The number of aromatic nitrogens is 1. The maximum Gasteiger partial charge on any atom is 0.307 e. The molecule has 0 radical (unpaired) electrons. The zero-order valence-corrected chi connectivity index (χ0v) is 11.5. The fourth-order valence-electron chi connectivity index (χ4n) is 2.59. The molecule has 21 heavy (non-hydrogen) atoms. The van der Waals surface area contributed by atoms with Crippen molar-refractivity contribution < 1.29 is 14.3 Å². The molecule has 2 N–H and O–H groups in total. The van der Waals surface area contributed by atoms with E-state index in [1.165, 1.54) is 6.07 Å². The van der Waals surface area contributed by atoms with Crippen molar-refractivity contribution in [3.05, 3.63) is 59.4 Å². The van der Waals surface area contributed by atoms with Gasteiger partial charge in [-0.15, -0.1) is 0 Å². The lowest BCUT2D eigenvalue weighted by molar-refractivity contribution is -0.136. The van der Waals surface area contributed by atoms with E-state index in [4.69, 9.17) is 5.11 Å². The molecule has 3 aromatic rings. The normalized spacial score (nSPS) is 11.0. The maximum absolute atomic E-state index is 14.0. The third kappa shape index (κ3) is 2.40. The highest BCUT2D eigenvalue weighted by Crippen LogP contribution is 2.32. The molecule has 0 saturated carbocycles. The van der Waals surface area contributed by atoms with Crippen LogP contribution in [0.2, 0.25) is 0 Å². The van der Waals surface area contributed by atoms with Gasteiger partial charge in [-0.2, -0.15) is 0 Å². The summed E-state index contributed by atoms with van der Waals surface area (Å²) in [5.74, 6) is -1.30. The molecule has 0 atom stereocenters. The van der Waals surface area contributed by atoms with Crippen molar-refractivity contribution in [2.75, 3.05) is 0 Å². The van der Waals surface area contributed by atoms with Crippen molar-refractivity contribution in [3.63, 3.8) is 0 Å². The van der Waals surface area contributed by atoms with E-state index in [0.717, 1.165) is 16.5 Å². The van der Waals surface area contributed by atoms with Crippen molar-refractivity contribution in [2.24, 2.45) is 0 Å². The lowest BCUT2D eigenvalue weighted by atomic mass is 10.0. The van der Waals surface area contributed by atoms with Crippen LogP contribution >= 0.6 is 0 Å². The van der Waals surface area contributed by atoms with Crippen molar-refractivity contribution >= 4 is 16.9 Å². The third-order valence-electron chi connectivity index (χ3n) is 3.53. The van der Waals surface area contributed by atoms with Crippen molar-refractivity contribution in [2.45, 2.75) is 13.3 Å². The molecule has 0 aliphatic rings. The Kier molecular flexibility index (Phi) is 3.22. The van der Waals surface area contributed by atoms with Crippen LogP contribution in [0.5, 0.6) is 0 Å². The summed E-state index contributed by atoms with van der Waals surface area (Å²) in [6, 6.07) is 12.1. The summed E-state index contributed by atoms with van der Waals surface area (Å²) >= 11 is 0. The van der Waals surface area contributed by atoms with Crippen LogP contribution < -0.4 is 0 Å². The molecule has 0 aliphatic heterocycles. The van der Waals surface area contributed by atoms with E-state index in [9.17, 15) is 9.18 Å². The third-order valence-corrected chi connectivity index (χ3v) is 3.53. The Morgan fingerprint density at radius 1 is 1.24 bits per heavy atom. The molecule has 0 unspecified atom stereocenters. The highest BCUT2D eigenvalue weighted by atomic mass is 19.1. The topological polar surface area (TPSA) is 53.1 Å².